The van der Waals surface area contributed by atoms with E-state index in [2.05, 4.69) is 26.2 Å². The Bertz CT molecular complexity index is 626. The Labute approximate surface area is 141 Å². The third-order valence-electron chi connectivity index (χ3n) is 3.93. The molecule has 3 rings (SSSR count). The average molecular weight is 337 g/mol. The summed E-state index contributed by atoms with van der Waals surface area (Å²) in [5.41, 5.74) is 1.09. The molecule has 2 unspecified atom stereocenters. The minimum Gasteiger partial charge on any atom is -0.350 e. The number of nitrogens with zero attached hydrogens (tertiary/aromatic N) is 4. The molecule has 1 saturated heterocycles. The molecule has 7 nitrogen and oxygen atoms in total. The predicted molar refractivity (Wildman–Crippen MR) is 88.4 cm³/mol. The number of rotatable bonds is 5. The van der Waals surface area contributed by atoms with Crippen LogP contribution in [-0.4, -0.2) is 45.2 Å². The molecular formula is C15H21ClN6O. The summed E-state index contributed by atoms with van der Waals surface area (Å²) >= 11 is 0. The van der Waals surface area contributed by atoms with Gasteiger partial charge in [-0.25, -0.2) is 4.68 Å². The van der Waals surface area contributed by atoms with Crippen LogP contribution in [0.15, 0.2) is 30.3 Å². The molecule has 23 heavy (non-hydrogen) atoms. The highest BCUT2D eigenvalue weighted by Gasteiger charge is 2.27. The van der Waals surface area contributed by atoms with Gasteiger partial charge in [0.25, 0.3) is 0 Å². The monoisotopic (exact) mass is 336 g/mol. The Hall–Kier alpha value is -1.99. The molecule has 0 saturated carbocycles. The lowest BCUT2D eigenvalue weighted by Crippen LogP contribution is -2.42. The van der Waals surface area contributed by atoms with Gasteiger partial charge in [0.15, 0.2) is 0 Å². The summed E-state index contributed by atoms with van der Waals surface area (Å²) in [6, 6.07) is 9.68. The van der Waals surface area contributed by atoms with Crippen molar-refractivity contribution in [3.63, 3.8) is 0 Å². The van der Waals surface area contributed by atoms with Crippen LogP contribution in [0.4, 0.5) is 0 Å². The molecule has 1 aliphatic rings. The van der Waals surface area contributed by atoms with E-state index < -0.39 is 6.04 Å². The number of tetrazole rings is 1. The fourth-order valence-electron chi connectivity index (χ4n) is 2.73. The minimum atomic E-state index is -0.432. The van der Waals surface area contributed by atoms with Crippen LogP contribution in [0, 0.1) is 6.92 Å². The molecule has 1 amide bonds. The molecule has 2 atom stereocenters. The van der Waals surface area contributed by atoms with Crippen molar-refractivity contribution < 1.29 is 4.79 Å². The molecule has 124 valence electrons. The first-order valence-electron chi connectivity index (χ1n) is 7.53. The second kappa shape index (κ2) is 8.03. The van der Waals surface area contributed by atoms with E-state index in [9.17, 15) is 4.79 Å². The van der Waals surface area contributed by atoms with Crippen molar-refractivity contribution in [1.82, 2.24) is 30.8 Å². The van der Waals surface area contributed by atoms with Gasteiger partial charge in [0.1, 0.15) is 11.9 Å². The zero-order valence-electron chi connectivity index (χ0n) is 13.0. The van der Waals surface area contributed by atoms with E-state index in [-0.39, 0.29) is 24.4 Å². The van der Waals surface area contributed by atoms with Gasteiger partial charge < -0.3 is 10.6 Å². The SMILES string of the molecule is Cc1nnnn1C(Cc1ccccc1)C(=O)NC1CCNC1.Cl. The van der Waals surface area contributed by atoms with Gasteiger partial charge in [-0.05, 0) is 35.9 Å². The van der Waals surface area contributed by atoms with Gasteiger partial charge in [-0.1, -0.05) is 30.3 Å². The lowest BCUT2D eigenvalue weighted by Gasteiger charge is -2.20. The van der Waals surface area contributed by atoms with Gasteiger partial charge in [0.2, 0.25) is 5.91 Å². The molecule has 0 bridgehead atoms. The van der Waals surface area contributed by atoms with Gasteiger partial charge in [-0.3, -0.25) is 4.79 Å². The second-order valence-corrected chi connectivity index (χ2v) is 5.57. The number of benzene rings is 1. The second-order valence-electron chi connectivity index (χ2n) is 5.57. The van der Waals surface area contributed by atoms with Crippen molar-refractivity contribution in [2.24, 2.45) is 0 Å². The maximum Gasteiger partial charge on any atom is 0.245 e. The van der Waals surface area contributed by atoms with Crippen LogP contribution in [0.2, 0.25) is 0 Å². The summed E-state index contributed by atoms with van der Waals surface area (Å²) in [6.45, 7) is 3.57. The predicted octanol–water partition coefficient (Wildman–Crippen LogP) is 0.665. The summed E-state index contributed by atoms with van der Waals surface area (Å²) in [4.78, 5) is 12.7. The van der Waals surface area contributed by atoms with Crippen molar-refractivity contribution in [1.29, 1.82) is 0 Å². The summed E-state index contributed by atoms with van der Waals surface area (Å²) in [5.74, 6) is 0.605. The van der Waals surface area contributed by atoms with Gasteiger partial charge in [0.05, 0.1) is 0 Å². The molecule has 1 aromatic heterocycles. The van der Waals surface area contributed by atoms with E-state index in [1.807, 2.05) is 37.3 Å². The van der Waals surface area contributed by atoms with Crippen LogP contribution in [0.1, 0.15) is 23.9 Å². The van der Waals surface area contributed by atoms with Gasteiger partial charge >= 0.3 is 0 Å². The number of amides is 1. The molecule has 1 aliphatic heterocycles. The molecule has 0 aliphatic carbocycles. The number of hydrogen-bond acceptors (Lipinski definition) is 5. The highest BCUT2D eigenvalue weighted by atomic mass is 35.5. The lowest BCUT2D eigenvalue weighted by atomic mass is 10.0. The lowest BCUT2D eigenvalue weighted by molar-refractivity contribution is -0.125. The third kappa shape index (κ3) is 4.27. The topological polar surface area (TPSA) is 84.7 Å². The Morgan fingerprint density at radius 2 is 2.22 bits per heavy atom. The average Bonchev–Trinajstić information content (AvgIpc) is 3.17. The standard InChI is InChI=1S/C15H20N6O.ClH/c1-11-18-19-20-21(11)14(9-12-5-3-2-4-6-12)15(22)17-13-7-8-16-10-13;/h2-6,13-14,16H,7-10H2,1H3,(H,17,22);1H. The van der Waals surface area contributed by atoms with E-state index in [0.29, 0.717) is 12.2 Å². The Morgan fingerprint density at radius 1 is 1.43 bits per heavy atom. The number of nitrogens with one attached hydrogen (secondary N) is 2. The number of aromatic nitrogens is 4. The van der Waals surface area contributed by atoms with Crippen LogP contribution in [0.5, 0.6) is 0 Å². The Morgan fingerprint density at radius 3 is 2.83 bits per heavy atom. The maximum atomic E-state index is 12.7. The summed E-state index contributed by atoms with van der Waals surface area (Å²) in [5, 5.41) is 17.9. The molecule has 8 heteroatoms. The number of hydrogen-bond donors (Lipinski definition) is 2. The Kier molecular flexibility index (Phi) is 6.06. The van der Waals surface area contributed by atoms with E-state index >= 15 is 0 Å². The number of halogens is 1. The van der Waals surface area contributed by atoms with Gasteiger partial charge in [-0.15, -0.1) is 17.5 Å². The molecular weight excluding hydrogens is 316 g/mol. The third-order valence-corrected chi connectivity index (χ3v) is 3.93. The quantitative estimate of drug-likeness (QED) is 0.838. The van der Waals surface area contributed by atoms with Crippen LogP contribution in [-0.2, 0) is 11.2 Å². The largest absolute Gasteiger partial charge is 0.350 e. The van der Waals surface area contributed by atoms with E-state index in [1.165, 1.54) is 0 Å². The summed E-state index contributed by atoms with van der Waals surface area (Å²) in [6.07, 6.45) is 1.52. The first-order valence-corrected chi connectivity index (χ1v) is 7.53. The van der Waals surface area contributed by atoms with Crippen molar-refractivity contribution in [2.45, 2.75) is 31.8 Å². The molecule has 2 heterocycles. The number of carbonyl (C=O) groups is 1. The van der Waals surface area contributed by atoms with Gasteiger partial charge in [-0.2, -0.15) is 0 Å². The number of carbonyl (C=O) groups excluding carboxylic acids is 1. The van der Waals surface area contributed by atoms with Crippen LogP contribution in [0.25, 0.3) is 0 Å². The fraction of sp³-hybridized carbons (Fsp3) is 0.467. The van der Waals surface area contributed by atoms with Crippen LogP contribution >= 0.6 is 12.4 Å². The summed E-state index contributed by atoms with van der Waals surface area (Å²) in [7, 11) is 0. The zero-order valence-corrected chi connectivity index (χ0v) is 13.8. The van der Waals surface area contributed by atoms with Crippen molar-refractivity contribution >= 4 is 18.3 Å². The smallest absolute Gasteiger partial charge is 0.245 e. The molecule has 2 aromatic rings. The molecule has 0 radical (unpaired) electrons. The molecule has 2 N–H and O–H groups in total. The van der Waals surface area contributed by atoms with Crippen molar-refractivity contribution in [3.8, 4) is 0 Å². The first kappa shape index (κ1) is 17.4. The maximum absolute atomic E-state index is 12.7. The highest BCUT2D eigenvalue weighted by molar-refractivity contribution is 5.85. The minimum absolute atomic E-state index is 0. The van der Waals surface area contributed by atoms with Crippen LogP contribution < -0.4 is 10.6 Å². The van der Waals surface area contributed by atoms with E-state index in [0.717, 1.165) is 25.1 Å². The van der Waals surface area contributed by atoms with Crippen LogP contribution in [0.3, 0.4) is 0 Å². The molecule has 1 fully saturated rings. The summed E-state index contributed by atoms with van der Waals surface area (Å²) < 4.78 is 1.60. The van der Waals surface area contributed by atoms with E-state index in [1.54, 1.807) is 4.68 Å². The first-order chi connectivity index (χ1) is 10.7. The molecule has 0 spiro atoms. The zero-order chi connectivity index (χ0) is 15.4. The normalized spacial score (nSPS) is 18.2. The highest BCUT2D eigenvalue weighted by Crippen LogP contribution is 2.15. The van der Waals surface area contributed by atoms with Gasteiger partial charge in [0, 0.05) is 19.0 Å². The van der Waals surface area contributed by atoms with Crippen molar-refractivity contribution in [2.75, 3.05) is 13.1 Å². The Balaban J connectivity index is 0.00000192. The molecule has 1 aromatic carbocycles. The fourth-order valence-corrected chi connectivity index (χ4v) is 2.73. The van der Waals surface area contributed by atoms with E-state index in [4.69, 9.17) is 0 Å². The number of aryl methyl sites for hydroxylation is 1. The van der Waals surface area contributed by atoms with Crippen molar-refractivity contribution in [3.05, 3.63) is 41.7 Å².